The molecule has 2 atom stereocenters. The fourth-order valence-electron chi connectivity index (χ4n) is 2.55. The topological polar surface area (TPSA) is 56.2 Å². The molecular weight excluding hydrogens is 359 g/mol. The van der Waals surface area contributed by atoms with Crippen LogP contribution >= 0.6 is 11.6 Å². The molecule has 1 saturated carbocycles. The first-order valence-corrected chi connectivity index (χ1v) is 7.93. The average molecular weight is 374 g/mol. The van der Waals surface area contributed by atoms with E-state index in [2.05, 4.69) is 15.2 Å². The second-order valence-electron chi connectivity index (χ2n) is 5.85. The van der Waals surface area contributed by atoms with Gasteiger partial charge in [-0.1, -0.05) is 23.7 Å². The average Bonchev–Trinajstić information content (AvgIpc) is 3.22. The minimum Gasteiger partial charge on any atom is -0.350 e. The third-order valence-corrected chi connectivity index (χ3v) is 4.07. The first-order valence-electron chi connectivity index (χ1n) is 7.55. The maximum absolute atomic E-state index is 12.2. The molecule has 1 heterocycles. The largest absolute Gasteiger partial charge is 0.411 e. The Labute approximate surface area is 146 Å². The third-order valence-electron chi connectivity index (χ3n) is 3.82. The number of ether oxygens (including phenoxy) is 1. The summed E-state index contributed by atoms with van der Waals surface area (Å²) in [5.41, 5.74) is 1.48. The minimum atomic E-state index is -4.38. The van der Waals surface area contributed by atoms with Crippen molar-refractivity contribution in [2.24, 2.45) is 5.92 Å². The van der Waals surface area contributed by atoms with Gasteiger partial charge in [0, 0.05) is 10.9 Å². The van der Waals surface area contributed by atoms with Crippen LogP contribution in [0.1, 0.15) is 17.9 Å². The van der Waals surface area contributed by atoms with Crippen LogP contribution in [0.3, 0.4) is 0 Å². The van der Waals surface area contributed by atoms with E-state index >= 15 is 0 Å². The summed E-state index contributed by atoms with van der Waals surface area (Å²) in [4.78, 5) is 12.2. The molecule has 1 aromatic heterocycles. The zero-order valence-corrected chi connectivity index (χ0v) is 13.7. The van der Waals surface area contributed by atoms with Crippen molar-refractivity contribution in [3.05, 3.63) is 47.2 Å². The first kappa shape index (κ1) is 17.8. The van der Waals surface area contributed by atoms with Crippen LogP contribution < -0.4 is 5.32 Å². The highest BCUT2D eigenvalue weighted by Gasteiger charge is 2.43. The van der Waals surface area contributed by atoms with Crippen LogP contribution in [0.15, 0.2) is 36.7 Å². The van der Waals surface area contributed by atoms with E-state index in [0.717, 1.165) is 12.0 Å². The lowest BCUT2D eigenvalue weighted by molar-refractivity contribution is -0.182. The summed E-state index contributed by atoms with van der Waals surface area (Å²) < 4.78 is 41.7. The van der Waals surface area contributed by atoms with E-state index in [1.54, 1.807) is 12.1 Å². The molecule has 3 rings (SSSR count). The van der Waals surface area contributed by atoms with Gasteiger partial charge in [0.2, 0.25) is 5.91 Å². The van der Waals surface area contributed by atoms with Crippen LogP contribution in [0.5, 0.6) is 0 Å². The molecule has 2 unspecified atom stereocenters. The molecule has 2 aromatic rings. The van der Waals surface area contributed by atoms with Crippen molar-refractivity contribution in [2.75, 3.05) is 11.9 Å². The van der Waals surface area contributed by atoms with E-state index in [0.29, 0.717) is 10.7 Å². The van der Waals surface area contributed by atoms with Crippen molar-refractivity contribution in [2.45, 2.75) is 25.2 Å². The number of carbonyl (C=O) groups excluding carboxylic acids is 1. The zero-order chi connectivity index (χ0) is 18.0. The van der Waals surface area contributed by atoms with Crippen LogP contribution in [-0.4, -0.2) is 28.5 Å². The number of amides is 1. The van der Waals surface area contributed by atoms with Gasteiger partial charge in [-0.15, -0.1) is 0 Å². The van der Waals surface area contributed by atoms with Gasteiger partial charge in [0.1, 0.15) is 13.3 Å². The Morgan fingerprint density at radius 1 is 1.36 bits per heavy atom. The molecule has 1 N–H and O–H groups in total. The Balaban J connectivity index is 1.48. The number of hydrogen-bond donors (Lipinski definition) is 1. The summed E-state index contributed by atoms with van der Waals surface area (Å²) in [7, 11) is 0. The van der Waals surface area contributed by atoms with Gasteiger partial charge in [-0.05, 0) is 30.0 Å². The highest BCUT2D eigenvalue weighted by molar-refractivity contribution is 6.30. The van der Waals surface area contributed by atoms with Gasteiger partial charge in [-0.2, -0.15) is 18.3 Å². The molecule has 5 nitrogen and oxygen atoms in total. The van der Waals surface area contributed by atoms with Gasteiger partial charge in [0.25, 0.3) is 0 Å². The monoisotopic (exact) mass is 373 g/mol. The molecule has 1 amide bonds. The van der Waals surface area contributed by atoms with Crippen LogP contribution in [0.2, 0.25) is 5.02 Å². The quantitative estimate of drug-likeness (QED) is 0.837. The highest BCUT2D eigenvalue weighted by atomic mass is 35.5. The maximum atomic E-state index is 12.2. The Kier molecular flexibility index (Phi) is 5.01. The molecule has 0 radical (unpaired) electrons. The number of carbonyl (C=O) groups is 1. The van der Waals surface area contributed by atoms with Crippen molar-refractivity contribution in [3.63, 3.8) is 0 Å². The van der Waals surface area contributed by atoms with Crippen LogP contribution in [0, 0.1) is 5.92 Å². The molecule has 1 aromatic carbocycles. The highest BCUT2D eigenvalue weighted by Crippen LogP contribution is 2.48. The van der Waals surface area contributed by atoms with Crippen molar-refractivity contribution in [3.8, 4) is 0 Å². The second kappa shape index (κ2) is 7.05. The molecule has 1 fully saturated rings. The number of nitrogens with one attached hydrogen (secondary N) is 1. The number of hydrogen-bond acceptors (Lipinski definition) is 3. The summed E-state index contributed by atoms with van der Waals surface area (Å²) in [5.74, 6) is -0.121. The number of nitrogens with zero attached hydrogens (tertiary/aromatic N) is 2. The first-order chi connectivity index (χ1) is 11.8. The number of aromatic nitrogens is 2. The van der Waals surface area contributed by atoms with Crippen molar-refractivity contribution < 1.29 is 22.7 Å². The second-order valence-corrected chi connectivity index (χ2v) is 6.29. The summed E-state index contributed by atoms with van der Waals surface area (Å²) >= 11 is 5.85. The zero-order valence-electron chi connectivity index (χ0n) is 13.0. The molecule has 134 valence electrons. The van der Waals surface area contributed by atoms with Gasteiger partial charge < -0.3 is 10.1 Å². The Bertz CT molecular complexity index is 746. The van der Waals surface area contributed by atoms with E-state index in [1.165, 1.54) is 17.1 Å². The summed E-state index contributed by atoms with van der Waals surface area (Å²) in [5, 5.41) is 7.21. The smallest absolute Gasteiger partial charge is 0.350 e. The molecular formula is C16H15ClF3N3O2. The lowest BCUT2D eigenvalue weighted by atomic mass is 10.1. The van der Waals surface area contributed by atoms with Gasteiger partial charge in [-0.3, -0.25) is 4.79 Å². The van der Waals surface area contributed by atoms with E-state index in [1.807, 2.05) is 12.1 Å². The maximum Gasteiger partial charge on any atom is 0.411 e. The number of alkyl halides is 3. The van der Waals surface area contributed by atoms with Crippen LogP contribution in [-0.2, 0) is 16.3 Å². The van der Waals surface area contributed by atoms with Crippen LogP contribution in [0.4, 0.5) is 18.9 Å². The SMILES string of the molecule is O=C(Nc1cnn(COCC(F)(F)F)c1)C1CC1c1ccc(Cl)cc1. The predicted octanol–water partition coefficient (Wildman–Crippen LogP) is 3.82. The lowest BCUT2D eigenvalue weighted by Gasteiger charge is -2.07. The molecule has 1 aliphatic rings. The molecule has 0 spiro atoms. The van der Waals surface area contributed by atoms with E-state index in [4.69, 9.17) is 11.6 Å². The lowest BCUT2D eigenvalue weighted by Crippen LogP contribution is -2.18. The number of halogens is 4. The summed E-state index contributed by atoms with van der Waals surface area (Å²) in [6.07, 6.45) is -0.842. The van der Waals surface area contributed by atoms with Gasteiger partial charge in [0.05, 0.1) is 18.1 Å². The Morgan fingerprint density at radius 2 is 2.08 bits per heavy atom. The number of rotatable bonds is 6. The molecule has 9 heteroatoms. The Hall–Kier alpha value is -2.06. The molecule has 25 heavy (non-hydrogen) atoms. The summed E-state index contributed by atoms with van der Waals surface area (Å²) in [6.45, 7) is -1.69. The van der Waals surface area contributed by atoms with Gasteiger partial charge in [-0.25, -0.2) is 4.68 Å². The normalized spacial score (nSPS) is 19.7. The fourth-order valence-corrected chi connectivity index (χ4v) is 2.68. The van der Waals surface area contributed by atoms with Crippen molar-refractivity contribution >= 4 is 23.2 Å². The number of anilines is 1. The predicted molar refractivity (Wildman–Crippen MR) is 85.2 cm³/mol. The molecule has 0 aliphatic heterocycles. The summed E-state index contributed by atoms with van der Waals surface area (Å²) in [6, 6.07) is 7.37. The van der Waals surface area contributed by atoms with Crippen molar-refractivity contribution in [1.82, 2.24) is 9.78 Å². The van der Waals surface area contributed by atoms with Crippen molar-refractivity contribution in [1.29, 1.82) is 0 Å². The van der Waals surface area contributed by atoms with E-state index in [9.17, 15) is 18.0 Å². The number of benzene rings is 1. The van der Waals surface area contributed by atoms with Gasteiger partial charge >= 0.3 is 6.18 Å². The minimum absolute atomic E-state index is 0.133. The molecule has 1 aliphatic carbocycles. The van der Waals surface area contributed by atoms with Crippen LogP contribution in [0.25, 0.3) is 0 Å². The fraction of sp³-hybridized carbons (Fsp3) is 0.375. The third kappa shape index (κ3) is 4.96. The standard InChI is InChI=1S/C16H15ClF3N3O2/c17-11-3-1-10(2-4-11)13-5-14(13)15(24)22-12-6-21-23(7-12)9-25-8-16(18,19)20/h1-4,6-7,13-14H,5,8-9H2,(H,22,24). The van der Waals surface area contributed by atoms with E-state index in [-0.39, 0.29) is 24.5 Å². The van der Waals surface area contributed by atoms with Gasteiger partial charge in [0.15, 0.2) is 0 Å². The molecule has 0 bridgehead atoms. The van der Waals surface area contributed by atoms with E-state index < -0.39 is 12.8 Å². The Morgan fingerprint density at radius 3 is 2.76 bits per heavy atom. The molecule has 0 saturated heterocycles.